The van der Waals surface area contributed by atoms with Crippen molar-refractivity contribution in [1.82, 2.24) is 10.3 Å². The Morgan fingerprint density at radius 1 is 1.34 bits per heavy atom. The van der Waals surface area contributed by atoms with Gasteiger partial charge in [-0.3, -0.25) is 25.2 Å². The number of nitro groups is 1. The van der Waals surface area contributed by atoms with Gasteiger partial charge in [-0.05, 0) is 12.1 Å². The van der Waals surface area contributed by atoms with Crippen LogP contribution in [0.2, 0.25) is 5.02 Å². The number of hydrogen-bond donors (Lipinski definition) is 1. The monoisotopic (exact) mass is 427 g/mol. The predicted octanol–water partition coefficient (Wildman–Crippen LogP) is 2.31. The van der Waals surface area contributed by atoms with Crippen LogP contribution in [0.5, 0.6) is 0 Å². The van der Waals surface area contributed by atoms with Crippen LogP contribution in [0, 0.1) is 10.1 Å². The maximum Gasteiger partial charge on any atom is 0.288 e. The van der Waals surface area contributed by atoms with Crippen molar-refractivity contribution in [2.75, 3.05) is 5.75 Å². The predicted molar refractivity (Wildman–Crippen MR) is 112 cm³/mol. The summed E-state index contributed by atoms with van der Waals surface area (Å²) in [6.45, 7) is 3.67. The minimum atomic E-state index is -0.749. The van der Waals surface area contributed by atoms with E-state index in [4.69, 9.17) is 16.6 Å². The average molecular weight is 428 g/mol. The number of hydrogen-bond acceptors (Lipinski definition) is 7. The molecule has 10 heteroatoms. The number of para-hydroxylation sites is 1. The van der Waals surface area contributed by atoms with Gasteiger partial charge in [-0.15, -0.1) is 11.7 Å². The molecular formula is C19H14ClN5O3S. The summed E-state index contributed by atoms with van der Waals surface area (Å²) >= 11 is 7.28. The highest BCUT2D eigenvalue weighted by atomic mass is 35.5. The number of rotatable bonds is 4. The van der Waals surface area contributed by atoms with Gasteiger partial charge in [0, 0.05) is 22.6 Å². The second-order valence-electron chi connectivity index (χ2n) is 6.14. The Kier molecular flexibility index (Phi) is 5.08. The number of amidine groups is 1. The summed E-state index contributed by atoms with van der Waals surface area (Å²) in [5, 5.41) is 21.8. The van der Waals surface area contributed by atoms with Gasteiger partial charge in [-0.1, -0.05) is 53.7 Å². The van der Waals surface area contributed by atoms with Crippen molar-refractivity contribution < 1.29 is 9.72 Å². The quantitative estimate of drug-likeness (QED) is 0.458. The van der Waals surface area contributed by atoms with Crippen molar-refractivity contribution in [2.24, 2.45) is 10.1 Å². The first-order chi connectivity index (χ1) is 14.0. The number of hydrazone groups is 1. The number of nitrogens with zero attached hydrogens (tertiary/aromatic N) is 4. The summed E-state index contributed by atoms with van der Waals surface area (Å²) in [5.74, 6) is 0.245. The van der Waals surface area contributed by atoms with Crippen molar-refractivity contribution >= 4 is 45.8 Å². The molecule has 2 aromatic rings. The molecule has 2 aromatic carbocycles. The Morgan fingerprint density at radius 2 is 2.14 bits per heavy atom. The zero-order chi connectivity index (χ0) is 20.5. The normalized spacial score (nSPS) is 17.5. The molecule has 0 aliphatic carbocycles. The largest absolute Gasteiger partial charge is 0.298 e. The molecule has 2 heterocycles. The van der Waals surface area contributed by atoms with E-state index in [-0.39, 0.29) is 16.6 Å². The topological polar surface area (TPSA) is 100 Å². The molecule has 0 aromatic heterocycles. The van der Waals surface area contributed by atoms with E-state index in [0.29, 0.717) is 32.8 Å². The molecule has 8 nitrogen and oxygen atoms in total. The SMILES string of the molecule is C=CCSC1=NN2C(=c3ccccc3=N[C@@H]2c2ccc(Cl)c([N+](=O)[O-])c2)C(=O)N1. The van der Waals surface area contributed by atoms with Crippen LogP contribution in [-0.2, 0) is 4.79 Å². The van der Waals surface area contributed by atoms with Crippen LogP contribution in [0.4, 0.5) is 5.69 Å². The van der Waals surface area contributed by atoms with E-state index in [1.54, 1.807) is 24.3 Å². The fraction of sp³-hybridized carbons (Fsp3) is 0.105. The Balaban J connectivity index is 1.92. The Hall–Kier alpha value is -3.17. The minimum absolute atomic E-state index is 0.0290. The van der Waals surface area contributed by atoms with Gasteiger partial charge in [0.05, 0.1) is 10.3 Å². The van der Waals surface area contributed by atoms with Crippen molar-refractivity contribution in [1.29, 1.82) is 0 Å². The summed E-state index contributed by atoms with van der Waals surface area (Å²) in [6, 6.07) is 11.7. The van der Waals surface area contributed by atoms with Crippen LogP contribution in [-0.4, -0.2) is 26.8 Å². The first kappa shape index (κ1) is 19.2. The Bertz CT molecular complexity index is 1200. The van der Waals surface area contributed by atoms with Crippen molar-refractivity contribution in [3.63, 3.8) is 0 Å². The molecule has 4 rings (SSSR count). The number of fused-ring (bicyclic) bond motifs is 2. The van der Waals surface area contributed by atoms with Crippen LogP contribution >= 0.6 is 23.4 Å². The molecule has 1 amide bonds. The minimum Gasteiger partial charge on any atom is -0.298 e. The zero-order valence-electron chi connectivity index (χ0n) is 14.9. The molecule has 2 aliphatic heterocycles. The third-order valence-electron chi connectivity index (χ3n) is 4.32. The molecular weight excluding hydrogens is 414 g/mol. The van der Waals surface area contributed by atoms with Gasteiger partial charge in [-0.25, -0.2) is 5.01 Å². The lowest BCUT2D eigenvalue weighted by Crippen LogP contribution is -2.50. The standard InChI is InChI=1S/C19H14ClN5O3S/c1-2-9-29-19-22-18(26)16-12-5-3-4-6-14(12)21-17(24(16)23-19)11-7-8-13(20)15(10-11)25(27)28/h2-8,10,17H,1,9H2,(H,22,23,26)/t17-/m0/s1. The summed E-state index contributed by atoms with van der Waals surface area (Å²) in [4.78, 5) is 28.4. The molecule has 0 saturated carbocycles. The first-order valence-corrected chi connectivity index (χ1v) is 9.90. The summed E-state index contributed by atoms with van der Waals surface area (Å²) in [7, 11) is 0. The van der Waals surface area contributed by atoms with E-state index in [9.17, 15) is 14.9 Å². The van der Waals surface area contributed by atoms with Gasteiger partial charge in [0.15, 0.2) is 11.3 Å². The summed E-state index contributed by atoms with van der Waals surface area (Å²) < 4.78 is 0. The zero-order valence-corrected chi connectivity index (χ0v) is 16.5. The summed E-state index contributed by atoms with van der Waals surface area (Å²) in [6.07, 6.45) is 0.954. The smallest absolute Gasteiger partial charge is 0.288 e. The lowest BCUT2D eigenvalue weighted by atomic mass is 10.1. The fourth-order valence-corrected chi connectivity index (χ4v) is 3.85. The maximum absolute atomic E-state index is 12.9. The van der Waals surface area contributed by atoms with E-state index < -0.39 is 11.1 Å². The van der Waals surface area contributed by atoms with E-state index >= 15 is 0 Å². The highest BCUT2D eigenvalue weighted by Crippen LogP contribution is 2.34. The van der Waals surface area contributed by atoms with Crippen molar-refractivity contribution in [3.8, 4) is 0 Å². The van der Waals surface area contributed by atoms with Gasteiger partial charge in [0.1, 0.15) is 10.7 Å². The highest BCUT2D eigenvalue weighted by molar-refractivity contribution is 8.14. The number of carbonyl (C=O) groups excluding carboxylic acids is 1. The van der Waals surface area contributed by atoms with E-state index in [0.717, 1.165) is 0 Å². The number of halogens is 1. The van der Waals surface area contributed by atoms with Gasteiger partial charge in [0.2, 0.25) is 0 Å². The Morgan fingerprint density at radius 3 is 2.90 bits per heavy atom. The second kappa shape index (κ2) is 7.69. The molecule has 1 atom stereocenters. The van der Waals surface area contributed by atoms with Crippen LogP contribution < -0.4 is 15.9 Å². The number of nitro benzene ring substituents is 1. The third-order valence-corrected chi connectivity index (χ3v) is 5.50. The fourth-order valence-electron chi connectivity index (χ4n) is 3.08. The molecule has 2 aliphatic rings. The van der Waals surface area contributed by atoms with Gasteiger partial charge in [-0.2, -0.15) is 0 Å². The lowest BCUT2D eigenvalue weighted by Gasteiger charge is -2.34. The molecule has 0 fully saturated rings. The van der Waals surface area contributed by atoms with Crippen LogP contribution in [0.3, 0.4) is 0 Å². The third kappa shape index (κ3) is 3.50. The summed E-state index contributed by atoms with van der Waals surface area (Å²) in [5.41, 5.74) is 0.604. The first-order valence-electron chi connectivity index (χ1n) is 8.53. The second-order valence-corrected chi connectivity index (χ2v) is 7.56. The van der Waals surface area contributed by atoms with Gasteiger partial charge < -0.3 is 0 Å². The van der Waals surface area contributed by atoms with Crippen LogP contribution in [0.1, 0.15) is 11.7 Å². The van der Waals surface area contributed by atoms with E-state index in [1.165, 1.54) is 28.9 Å². The van der Waals surface area contributed by atoms with Crippen LogP contribution in [0.15, 0.2) is 65.2 Å². The molecule has 146 valence electrons. The molecule has 0 spiro atoms. The number of benzene rings is 2. The molecule has 0 unspecified atom stereocenters. The highest BCUT2D eigenvalue weighted by Gasteiger charge is 2.35. The van der Waals surface area contributed by atoms with E-state index in [1.807, 2.05) is 12.1 Å². The molecule has 0 bridgehead atoms. The number of amides is 1. The van der Waals surface area contributed by atoms with Gasteiger partial charge in [0.25, 0.3) is 11.6 Å². The molecule has 29 heavy (non-hydrogen) atoms. The average Bonchev–Trinajstić information content (AvgIpc) is 2.71. The van der Waals surface area contributed by atoms with Crippen LogP contribution in [0.25, 0.3) is 5.70 Å². The Labute approximate surface area is 174 Å². The van der Waals surface area contributed by atoms with Crippen molar-refractivity contribution in [2.45, 2.75) is 6.17 Å². The molecule has 0 radical (unpaired) electrons. The number of nitrogens with one attached hydrogen (secondary N) is 1. The maximum atomic E-state index is 12.9. The lowest BCUT2D eigenvalue weighted by molar-refractivity contribution is -0.384. The van der Waals surface area contributed by atoms with Gasteiger partial charge >= 0.3 is 0 Å². The number of carbonyl (C=O) groups is 1. The number of thioether (sulfide) groups is 1. The molecule has 1 N–H and O–H groups in total. The molecule has 0 saturated heterocycles. The van der Waals surface area contributed by atoms with E-state index in [2.05, 4.69) is 17.0 Å². The van der Waals surface area contributed by atoms with Crippen molar-refractivity contribution in [3.05, 3.63) is 86.4 Å².